The molecule has 0 bridgehead atoms. The first-order chi connectivity index (χ1) is 17.3. The van der Waals surface area contributed by atoms with E-state index in [9.17, 15) is 9.18 Å². The lowest BCUT2D eigenvalue weighted by molar-refractivity contribution is -0.155. The summed E-state index contributed by atoms with van der Waals surface area (Å²) in [5, 5.41) is 9.60. The lowest BCUT2D eigenvalue weighted by Crippen LogP contribution is -2.49. The Balaban J connectivity index is 1.82. The smallest absolute Gasteiger partial charge is 0.311 e. The zero-order chi connectivity index (χ0) is 27.4. The molecule has 0 amide bonds. The largest absolute Gasteiger partial charge is 0.462 e. The number of carbonyl (C=O) groups excluding carboxylic acids is 1. The fraction of sp³-hybridized carbons (Fsp3) is 0.346. The van der Waals surface area contributed by atoms with Gasteiger partial charge in [0.05, 0.1) is 39.6 Å². The van der Waals surface area contributed by atoms with Crippen LogP contribution in [0.15, 0.2) is 53.3 Å². The maximum atomic E-state index is 13.9. The van der Waals surface area contributed by atoms with Crippen LogP contribution < -0.4 is 21.7 Å². The molecule has 2 unspecified atom stereocenters. The molecule has 8 nitrogen and oxygen atoms in total. The second-order valence-corrected chi connectivity index (χ2v) is 10.7. The van der Waals surface area contributed by atoms with Crippen molar-refractivity contribution in [2.24, 2.45) is 5.41 Å². The standard InChI is InChI=1S/C26H31ClFN5O3S/c1-15(31-23-30-11-12-35-23)17-7-6-8-20(21(17)29)32-24(37)33-26(5,14-36-22(34)25(2,3)4)16-9-10-19(28)18(27)13-16/h6-13,15H,14,29H2,1-5H3,(H,30,31)(H2,32,33,37). The van der Waals surface area contributed by atoms with Crippen molar-refractivity contribution >= 4 is 52.3 Å². The molecule has 0 fully saturated rings. The van der Waals surface area contributed by atoms with E-state index in [-0.39, 0.29) is 22.8 Å². The molecule has 37 heavy (non-hydrogen) atoms. The molecular weight excluding hydrogens is 517 g/mol. The van der Waals surface area contributed by atoms with Crippen molar-refractivity contribution in [1.29, 1.82) is 0 Å². The number of hydrogen-bond donors (Lipinski definition) is 4. The first-order valence-corrected chi connectivity index (χ1v) is 12.3. The van der Waals surface area contributed by atoms with Crippen LogP contribution in [-0.4, -0.2) is 22.7 Å². The third-order valence-corrected chi connectivity index (χ3v) is 6.17. The molecule has 2 aromatic carbocycles. The number of hydrogen-bond acceptors (Lipinski definition) is 7. The average molecular weight is 548 g/mol. The van der Waals surface area contributed by atoms with Crippen LogP contribution in [-0.2, 0) is 15.1 Å². The van der Waals surface area contributed by atoms with Crippen molar-refractivity contribution < 1.29 is 18.3 Å². The molecular formula is C26H31ClFN5O3S. The van der Waals surface area contributed by atoms with Gasteiger partial charge in [0.1, 0.15) is 18.7 Å². The summed E-state index contributed by atoms with van der Waals surface area (Å²) in [6.07, 6.45) is 3.02. The minimum atomic E-state index is -1.03. The predicted octanol–water partition coefficient (Wildman–Crippen LogP) is 6.01. The molecule has 0 radical (unpaired) electrons. The normalized spacial score (nSPS) is 13.8. The van der Waals surface area contributed by atoms with E-state index in [4.69, 9.17) is 38.7 Å². The Bertz CT molecular complexity index is 1270. The highest BCUT2D eigenvalue weighted by Gasteiger charge is 2.33. The first-order valence-electron chi connectivity index (χ1n) is 11.6. The Morgan fingerprint density at radius 1 is 1.27 bits per heavy atom. The molecule has 0 aliphatic heterocycles. The van der Waals surface area contributed by atoms with Crippen LogP contribution >= 0.6 is 23.8 Å². The number of benzene rings is 2. The number of esters is 1. The summed E-state index contributed by atoms with van der Waals surface area (Å²) in [5.74, 6) is -0.950. The molecule has 3 rings (SSSR count). The van der Waals surface area contributed by atoms with Gasteiger partial charge in [0.2, 0.25) is 0 Å². The van der Waals surface area contributed by atoms with E-state index in [1.54, 1.807) is 46.0 Å². The Labute approximate surface area is 226 Å². The molecule has 0 spiro atoms. The van der Waals surface area contributed by atoms with Crippen molar-refractivity contribution in [1.82, 2.24) is 10.3 Å². The zero-order valence-corrected chi connectivity index (χ0v) is 22.9. The van der Waals surface area contributed by atoms with Gasteiger partial charge in [0.15, 0.2) is 5.11 Å². The van der Waals surface area contributed by atoms with Crippen LogP contribution in [0.4, 0.5) is 21.8 Å². The number of anilines is 3. The van der Waals surface area contributed by atoms with Crippen molar-refractivity contribution in [2.45, 2.75) is 46.2 Å². The molecule has 1 heterocycles. The predicted molar refractivity (Wildman–Crippen MR) is 148 cm³/mol. The Morgan fingerprint density at radius 3 is 2.62 bits per heavy atom. The number of nitrogens with zero attached hydrogens (tertiary/aromatic N) is 1. The van der Waals surface area contributed by atoms with E-state index < -0.39 is 22.7 Å². The number of para-hydroxylation sites is 1. The number of halogens is 2. The van der Waals surface area contributed by atoms with Crippen molar-refractivity contribution in [2.75, 3.05) is 23.0 Å². The average Bonchev–Trinajstić information content (AvgIpc) is 3.32. The zero-order valence-electron chi connectivity index (χ0n) is 21.3. The summed E-state index contributed by atoms with van der Waals surface area (Å²) in [6, 6.07) is 9.98. The van der Waals surface area contributed by atoms with Gasteiger partial charge in [0, 0.05) is 0 Å². The molecule has 11 heteroatoms. The van der Waals surface area contributed by atoms with Crippen molar-refractivity contribution in [3.63, 3.8) is 0 Å². The molecule has 198 valence electrons. The second-order valence-electron chi connectivity index (χ2n) is 9.88. The third-order valence-electron chi connectivity index (χ3n) is 5.68. The van der Waals surface area contributed by atoms with Gasteiger partial charge in [-0.1, -0.05) is 29.8 Å². The SMILES string of the molecule is CC(Nc1ncco1)c1cccc(NC(=S)NC(C)(COC(=O)C(C)(C)C)c2ccc(F)c(Cl)c2)c1N. The number of oxazole rings is 1. The lowest BCUT2D eigenvalue weighted by Gasteiger charge is -2.33. The van der Waals surface area contributed by atoms with E-state index >= 15 is 0 Å². The fourth-order valence-electron chi connectivity index (χ4n) is 3.49. The Kier molecular flexibility index (Phi) is 8.65. The van der Waals surface area contributed by atoms with Gasteiger partial charge < -0.3 is 30.8 Å². The van der Waals surface area contributed by atoms with E-state index in [0.717, 1.165) is 5.56 Å². The van der Waals surface area contributed by atoms with E-state index in [0.29, 0.717) is 23.0 Å². The van der Waals surface area contributed by atoms with E-state index in [2.05, 4.69) is 20.9 Å². The van der Waals surface area contributed by atoms with Gasteiger partial charge in [-0.05, 0) is 76.2 Å². The number of nitrogens with two attached hydrogens (primary N) is 1. The summed E-state index contributed by atoms with van der Waals surface area (Å²) in [6.45, 7) is 8.90. The molecule has 0 saturated carbocycles. The van der Waals surface area contributed by atoms with Crippen LogP contribution in [0.3, 0.4) is 0 Å². The van der Waals surface area contributed by atoms with Crippen LogP contribution in [0.5, 0.6) is 0 Å². The number of ether oxygens (including phenoxy) is 1. The summed E-state index contributed by atoms with van der Waals surface area (Å²) in [4.78, 5) is 16.6. The fourth-order valence-corrected chi connectivity index (χ4v) is 4.00. The molecule has 5 N–H and O–H groups in total. The van der Waals surface area contributed by atoms with E-state index in [1.165, 1.54) is 18.4 Å². The van der Waals surface area contributed by atoms with Gasteiger partial charge in [-0.25, -0.2) is 9.37 Å². The highest BCUT2D eigenvalue weighted by Crippen LogP contribution is 2.31. The Morgan fingerprint density at radius 2 is 2.00 bits per heavy atom. The summed E-state index contributed by atoms with van der Waals surface area (Å²) < 4.78 is 24.7. The molecule has 3 aromatic rings. The minimum Gasteiger partial charge on any atom is -0.462 e. The number of carbonyl (C=O) groups is 1. The highest BCUT2D eigenvalue weighted by molar-refractivity contribution is 7.80. The van der Waals surface area contributed by atoms with Gasteiger partial charge in [-0.2, -0.15) is 0 Å². The molecule has 0 aliphatic rings. The maximum absolute atomic E-state index is 13.9. The van der Waals surface area contributed by atoms with Crippen LogP contribution in [0, 0.1) is 11.2 Å². The van der Waals surface area contributed by atoms with Crippen molar-refractivity contribution in [3.05, 3.63) is 70.8 Å². The Hall–Kier alpha value is -3.37. The van der Waals surface area contributed by atoms with Gasteiger partial charge >= 0.3 is 5.97 Å². The molecule has 0 saturated heterocycles. The monoisotopic (exact) mass is 547 g/mol. The molecule has 1 aromatic heterocycles. The quantitative estimate of drug-likeness (QED) is 0.153. The molecule has 2 atom stereocenters. The minimum absolute atomic E-state index is 0.0592. The lowest BCUT2D eigenvalue weighted by atomic mass is 9.92. The van der Waals surface area contributed by atoms with Crippen LogP contribution in [0.25, 0.3) is 0 Å². The molecule has 0 aliphatic carbocycles. The first kappa shape index (κ1) is 28.2. The van der Waals surface area contributed by atoms with Crippen LogP contribution in [0.1, 0.15) is 51.8 Å². The third kappa shape index (κ3) is 7.11. The number of thiocarbonyl (C=S) groups is 1. The summed E-state index contributed by atoms with van der Waals surface area (Å²) in [7, 11) is 0. The maximum Gasteiger partial charge on any atom is 0.311 e. The summed E-state index contributed by atoms with van der Waals surface area (Å²) in [5.41, 5.74) is 7.14. The van der Waals surface area contributed by atoms with Gasteiger partial charge in [0.25, 0.3) is 6.01 Å². The van der Waals surface area contributed by atoms with E-state index in [1.807, 2.05) is 19.1 Å². The van der Waals surface area contributed by atoms with Crippen LogP contribution in [0.2, 0.25) is 5.02 Å². The number of aromatic nitrogens is 1. The number of rotatable bonds is 8. The topological polar surface area (TPSA) is 114 Å². The van der Waals surface area contributed by atoms with Gasteiger partial charge in [-0.3, -0.25) is 4.79 Å². The highest BCUT2D eigenvalue weighted by atomic mass is 35.5. The van der Waals surface area contributed by atoms with Crippen molar-refractivity contribution in [3.8, 4) is 0 Å². The summed E-state index contributed by atoms with van der Waals surface area (Å²) >= 11 is 11.6. The number of nitrogen functional groups attached to an aromatic ring is 1. The number of nitrogens with one attached hydrogen (secondary N) is 3. The van der Waals surface area contributed by atoms with Gasteiger partial charge in [-0.15, -0.1) is 0 Å². The second kappa shape index (κ2) is 11.4.